The van der Waals surface area contributed by atoms with Gasteiger partial charge in [0.2, 0.25) is 0 Å². The Morgan fingerprint density at radius 2 is 1.68 bits per heavy atom. The van der Waals surface area contributed by atoms with Crippen LogP contribution in [0.5, 0.6) is 0 Å². The van der Waals surface area contributed by atoms with E-state index in [4.69, 9.17) is 9.84 Å². The maximum atomic E-state index is 12.7. The SMILES string of the molecule is CCc1cc(CN2CC3CN(C(=O)OC(C(F)(F)F)C(F)(F)F)CC3C2)n(C2CCOCC2)n1. The molecule has 3 aliphatic heterocycles. The maximum absolute atomic E-state index is 12.7. The lowest BCUT2D eigenvalue weighted by Crippen LogP contribution is -2.48. The van der Waals surface area contributed by atoms with E-state index in [0.717, 1.165) is 35.6 Å². The molecule has 192 valence electrons. The van der Waals surface area contributed by atoms with Gasteiger partial charge in [-0.1, -0.05) is 6.92 Å². The molecule has 4 heterocycles. The van der Waals surface area contributed by atoms with Crippen molar-refractivity contribution in [3.8, 4) is 0 Å². The first-order valence-corrected chi connectivity index (χ1v) is 11.4. The lowest BCUT2D eigenvalue weighted by atomic mass is 10.0. The number of halogens is 6. The molecule has 4 rings (SSSR count). The van der Waals surface area contributed by atoms with Gasteiger partial charge in [0.15, 0.2) is 0 Å². The fourth-order valence-corrected chi connectivity index (χ4v) is 5.12. The number of likely N-dealkylation sites (tertiary alicyclic amines) is 2. The van der Waals surface area contributed by atoms with Crippen molar-refractivity contribution in [2.75, 3.05) is 39.4 Å². The number of amides is 1. The highest BCUT2D eigenvalue weighted by atomic mass is 19.4. The zero-order valence-corrected chi connectivity index (χ0v) is 18.7. The minimum Gasteiger partial charge on any atom is -0.426 e. The van der Waals surface area contributed by atoms with Crippen LogP contribution in [-0.4, -0.2) is 83.5 Å². The van der Waals surface area contributed by atoms with Gasteiger partial charge in [-0.15, -0.1) is 0 Å². The molecule has 7 nitrogen and oxygen atoms in total. The third-order valence-corrected chi connectivity index (χ3v) is 6.78. The molecule has 0 aromatic carbocycles. The summed E-state index contributed by atoms with van der Waals surface area (Å²) in [4.78, 5) is 15.2. The van der Waals surface area contributed by atoms with Crippen molar-refractivity contribution in [1.82, 2.24) is 19.6 Å². The zero-order chi connectivity index (χ0) is 24.7. The molecular weight excluding hydrogens is 470 g/mol. The van der Waals surface area contributed by atoms with Crippen LogP contribution < -0.4 is 0 Å². The molecule has 0 N–H and O–H groups in total. The van der Waals surface area contributed by atoms with Crippen LogP contribution in [0.25, 0.3) is 0 Å². The largest absolute Gasteiger partial charge is 0.434 e. The summed E-state index contributed by atoms with van der Waals surface area (Å²) in [6, 6.07) is 2.35. The summed E-state index contributed by atoms with van der Waals surface area (Å²) in [5, 5.41) is 4.75. The van der Waals surface area contributed by atoms with Gasteiger partial charge >= 0.3 is 18.4 Å². The summed E-state index contributed by atoms with van der Waals surface area (Å²) < 4.78 is 87.6. The third kappa shape index (κ3) is 5.45. The zero-order valence-electron chi connectivity index (χ0n) is 18.7. The summed E-state index contributed by atoms with van der Waals surface area (Å²) >= 11 is 0. The van der Waals surface area contributed by atoms with Crippen LogP contribution in [0.15, 0.2) is 6.07 Å². The molecule has 1 amide bonds. The van der Waals surface area contributed by atoms with Crippen LogP contribution in [-0.2, 0) is 22.4 Å². The lowest BCUT2D eigenvalue weighted by molar-refractivity contribution is -0.308. The molecule has 3 fully saturated rings. The standard InChI is InChI=1S/C21H28F6N4O3/c1-2-15-7-17(31(28-15)16-3-5-33-6-4-16)12-29-8-13-10-30(11-14(13)9-29)19(32)34-18(20(22,23)24)21(25,26)27/h7,13-14,16,18H,2-6,8-12H2,1H3. The molecule has 0 radical (unpaired) electrons. The molecule has 1 aromatic rings. The van der Waals surface area contributed by atoms with Crippen LogP contribution in [0.4, 0.5) is 31.1 Å². The second-order valence-corrected chi connectivity index (χ2v) is 9.23. The summed E-state index contributed by atoms with van der Waals surface area (Å²) in [6.07, 6.45) is -14.6. The molecule has 1 aromatic heterocycles. The van der Waals surface area contributed by atoms with Gasteiger partial charge in [-0.2, -0.15) is 31.4 Å². The summed E-state index contributed by atoms with van der Waals surface area (Å²) in [5.74, 6) is -0.0688. The molecule has 13 heteroatoms. The van der Waals surface area contributed by atoms with E-state index in [1.165, 1.54) is 0 Å². The Morgan fingerprint density at radius 1 is 1.09 bits per heavy atom. The minimum absolute atomic E-state index is 0.0344. The minimum atomic E-state index is -5.72. The molecule has 2 unspecified atom stereocenters. The first kappa shape index (κ1) is 25.1. The number of carbonyl (C=O) groups excluding carboxylic acids is 1. The Hall–Kier alpha value is -2.02. The monoisotopic (exact) mass is 498 g/mol. The van der Waals surface area contributed by atoms with Gasteiger partial charge in [-0.3, -0.25) is 9.58 Å². The van der Waals surface area contributed by atoms with E-state index < -0.39 is 24.5 Å². The highest BCUT2D eigenvalue weighted by Gasteiger charge is 2.60. The van der Waals surface area contributed by atoms with Crippen molar-refractivity contribution >= 4 is 6.09 Å². The Balaban J connectivity index is 1.35. The number of hydrogen-bond acceptors (Lipinski definition) is 5. The van der Waals surface area contributed by atoms with E-state index in [2.05, 4.69) is 20.4 Å². The molecule has 3 aliphatic rings. The Bertz CT molecular complexity index is 840. The predicted molar refractivity (Wildman–Crippen MR) is 107 cm³/mol. The van der Waals surface area contributed by atoms with Crippen molar-refractivity contribution in [3.63, 3.8) is 0 Å². The van der Waals surface area contributed by atoms with Crippen molar-refractivity contribution in [1.29, 1.82) is 0 Å². The van der Waals surface area contributed by atoms with Gasteiger partial charge < -0.3 is 14.4 Å². The fraction of sp³-hybridized carbons (Fsp3) is 0.810. The molecule has 3 saturated heterocycles. The third-order valence-electron chi connectivity index (χ3n) is 6.78. The summed E-state index contributed by atoms with van der Waals surface area (Å²) in [5.41, 5.74) is 2.08. The Labute approximate surface area is 192 Å². The van der Waals surface area contributed by atoms with E-state index in [1.807, 2.05) is 6.92 Å². The van der Waals surface area contributed by atoms with Crippen molar-refractivity contribution in [2.45, 2.75) is 57.2 Å². The maximum Gasteiger partial charge on any atom is 0.434 e. The number of hydrogen-bond donors (Lipinski definition) is 0. The number of aryl methyl sites for hydroxylation is 1. The van der Waals surface area contributed by atoms with Crippen LogP contribution in [0.2, 0.25) is 0 Å². The number of nitrogens with zero attached hydrogens (tertiary/aromatic N) is 4. The quantitative estimate of drug-likeness (QED) is 0.579. The molecule has 0 spiro atoms. The van der Waals surface area contributed by atoms with Gasteiger partial charge in [-0.25, -0.2) is 4.79 Å². The Kier molecular flexibility index (Phi) is 7.05. The molecular formula is C21H28F6N4O3. The topological polar surface area (TPSA) is 59.8 Å². The van der Waals surface area contributed by atoms with Crippen molar-refractivity contribution in [2.24, 2.45) is 11.8 Å². The highest BCUT2D eigenvalue weighted by molar-refractivity contribution is 5.68. The number of fused-ring (bicyclic) bond motifs is 1. The first-order valence-electron chi connectivity index (χ1n) is 11.4. The summed E-state index contributed by atoms with van der Waals surface area (Å²) in [6.45, 7) is 5.39. The highest BCUT2D eigenvalue weighted by Crippen LogP contribution is 2.38. The van der Waals surface area contributed by atoms with E-state index in [9.17, 15) is 31.1 Å². The number of alkyl halides is 6. The van der Waals surface area contributed by atoms with Gasteiger partial charge in [0, 0.05) is 45.9 Å². The normalized spacial score (nSPS) is 24.8. The second kappa shape index (κ2) is 9.56. The second-order valence-electron chi connectivity index (χ2n) is 9.23. The van der Waals surface area contributed by atoms with Crippen molar-refractivity contribution in [3.05, 3.63) is 17.5 Å². The van der Waals surface area contributed by atoms with Gasteiger partial charge in [0.05, 0.1) is 17.4 Å². The molecule has 0 saturated carbocycles. The van der Waals surface area contributed by atoms with Crippen LogP contribution in [0.1, 0.15) is 37.2 Å². The smallest absolute Gasteiger partial charge is 0.426 e. The van der Waals surface area contributed by atoms with E-state index >= 15 is 0 Å². The van der Waals surface area contributed by atoms with Crippen molar-refractivity contribution < 1.29 is 40.6 Å². The Morgan fingerprint density at radius 3 is 2.21 bits per heavy atom. The van der Waals surface area contributed by atoms with Crippen LogP contribution in [0, 0.1) is 11.8 Å². The average Bonchev–Trinajstić information content (AvgIpc) is 3.44. The van der Waals surface area contributed by atoms with E-state index in [-0.39, 0.29) is 31.0 Å². The van der Waals surface area contributed by atoms with Gasteiger partial charge in [0.25, 0.3) is 6.10 Å². The molecule has 0 bridgehead atoms. The van der Waals surface area contributed by atoms with Crippen LogP contribution >= 0.6 is 0 Å². The molecule has 2 atom stereocenters. The predicted octanol–water partition coefficient (Wildman–Crippen LogP) is 3.79. The van der Waals surface area contributed by atoms with E-state index in [0.29, 0.717) is 32.8 Å². The molecule has 0 aliphatic carbocycles. The number of rotatable bonds is 5. The van der Waals surface area contributed by atoms with E-state index in [1.54, 1.807) is 0 Å². The van der Waals surface area contributed by atoms with Gasteiger partial charge in [0.1, 0.15) is 0 Å². The number of aromatic nitrogens is 2. The molecule has 34 heavy (non-hydrogen) atoms. The van der Waals surface area contributed by atoms with Crippen LogP contribution in [0.3, 0.4) is 0 Å². The first-order chi connectivity index (χ1) is 16.0. The fourth-order valence-electron chi connectivity index (χ4n) is 5.12. The summed E-state index contributed by atoms with van der Waals surface area (Å²) in [7, 11) is 0. The lowest BCUT2D eigenvalue weighted by Gasteiger charge is -2.27. The van der Waals surface area contributed by atoms with Gasteiger partial charge in [-0.05, 0) is 37.2 Å². The number of carbonyl (C=O) groups is 1. The number of ether oxygens (including phenoxy) is 2. The average molecular weight is 498 g/mol.